The van der Waals surface area contributed by atoms with Crippen LogP contribution in [0.2, 0.25) is 0 Å². The highest BCUT2D eigenvalue weighted by Crippen LogP contribution is 2.23. The Kier molecular flexibility index (Phi) is 2.90. The first-order valence-corrected chi connectivity index (χ1v) is 4.65. The molecule has 0 saturated carbocycles. The zero-order chi connectivity index (χ0) is 9.14. The van der Waals surface area contributed by atoms with E-state index in [-0.39, 0.29) is 0 Å². The molecule has 12 heavy (non-hydrogen) atoms. The van der Waals surface area contributed by atoms with Gasteiger partial charge in [0.25, 0.3) is 0 Å². The number of nitrogens with zero attached hydrogens (tertiary/aromatic N) is 1. The topological polar surface area (TPSA) is 27.1 Å². The molecule has 0 radical (unpaired) electrons. The maximum atomic E-state index is 7.78. The lowest BCUT2D eigenvalue weighted by Gasteiger charge is -2.33. The SMILES string of the molecule is C=C(C)N1CCC(CC)CC1=N. The Bertz CT molecular complexity index is 196. The Morgan fingerprint density at radius 3 is 2.83 bits per heavy atom. The lowest BCUT2D eigenvalue weighted by Crippen LogP contribution is -2.36. The molecular weight excluding hydrogens is 148 g/mol. The molecule has 1 fully saturated rings. The van der Waals surface area contributed by atoms with E-state index >= 15 is 0 Å². The van der Waals surface area contributed by atoms with E-state index in [0.717, 1.165) is 30.4 Å². The van der Waals surface area contributed by atoms with Gasteiger partial charge in [-0.2, -0.15) is 0 Å². The highest BCUT2D eigenvalue weighted by Gasteiger charge is 2.21. The molecule has 1 aliphatic heterocycles. The standard InChI is InChI=1S/C10H18N2/c1-4-9-5-6-12(8(2)3)10(11)7-9/h9,11H,2,4-7H2,1,3H3. The minimum Gasteiger partial charge on any atom is -0.335 e. The Balaban J connectivity index is 2.54. The summed E-state index contributed by atoms with van der Waals surface area (Å²) >= 11 is 0. The van der Waals surface area contributed by atoms with Gasteiger partial charge in [-0.25, -0.2) is 0 Å². The summed E-state index contributed by atoms with van der Waals surface area (Å²) in [5, 5.41) is 7.78. The fraction of sp³-hybridized carbons (Fsp3) is 0.700. The largest absolute Gasteiger partial charge is 0.335 e. The molecule has 1 saturated heterocycles. The number of nitrogens with one attached hydrogen (secondary N) is 1. The molecule has 0 aromatic heterocycles. The van der Waals surface area contributed by atoms with Crippen molar-refractivity contribution in [3.63, 3.8) is 0 Å². The minimum absolute atomic E-state index is 0.730. The van der Waals surface area contributed by atoms with E-state index in [9.17, 15) is 0 Å². The third-order valence-electron chi connectivity index (χ3n) is 2.61. The molecule has 0 amide bonds. The van der Waals surface area contributed by atoms with E-state index in [1.165, 1.54) is 12.8 Å². The van der Waals surface area contributed by atoms with Gasteiger partial charge in [-0.1, -0.05) is 19.9 Å². The van der Waals surface area contributed by atoms with Gasteiger partial charge in [0, 0.05) is 18.7 Å². The van der Waals surface area contributed by atoms with E-state index < -0.39 is 0 Å². The molecule has 1 N–H and O–H groups in total. The van der Waals surface area contributed by atoms with Gasteiger partial charge in [-0.05, 0) is 19.3 Å². The average Bonchev–Trinajstić information content (AvgIpc) is 2.03. The molecular formula is C10H18N2. The summed E-state index contributed by atoms with van der Waals surface area (Å²) in [4.78, 5) is 2.02. The number of likely N-dealkylation sites (tertiary alicyclic amines) is 1. The van der Waals surface area contributed by atoms with E-state index in [2.05, 4.69) is 13.5 Å². The van der Waals surface area contributed by atoms with Gasteiger partial charge < -0.3 is 4.90 Å². The summed E-state index contributed by atoms with van der Waals surface area (Å²) < 4.78 is 0. The lowest BCUT2D eigenvalue weighted by atomic mass is 9.93. The van der Waals surface area contributed by atoms with E-state index in [0.29, 0.717) is 0 Å². The van der Waals surface area contributed by atoms with E-state index in [1.54, 1.807) is 0 Å². The number of piperidine rings is 1. The van der Waals surface area contributed by atoms with E-state index in [1.807, 2.05) is 11.8 Å². The van der Waals surface area contributed by atoms with Crippen molar-refractivity contribution in [3.05, 3.63) is 12.3 Å². The van der Waals surface area contributed by atoms with Crippen LogP contribution >= 0.6 is 0 Å². The maximum Gasteiger partial charge on any atom is 0.100 e. The Morgan fingerprint density at radius 2 is 2.42 bits per heavy atom. The zero-order valence-corrected chi connectivity index (χ0v) is 8.06. The molecule has 2 nitrogen and oxygen atoms in total. The van der Waals surface area contributed by atoms with Crippen molar-refractivity contribution in [2.75, 3.05) is 6.54 Å². The average molecular weight is 166 g/mol. The highest BCUT2D eigenvalue weighted by atomic mass is 15.2. The maximum absolute atomic E-state index is 7.78. The second kappa shape index (κ2) is 3.74. The molecule has 0 aromatic carbocycles. The molecule has 68 valence electrons. The van der Waals surface area contributed by atoms with Crippen LogP contribution in [-0.2, 0) is 0 Å². The Labute approximate surface area is 74.8 Å². The summed E-state index contributed by atoms with van der Waals surface area (Å²) in [5.41, 5.74) is 1.01. The molecule has 1 heterocycles. The molecule has 0 aromatic rings. The highest BCUT2D eigenvalue weighted by molar-refractivity contribution is 5.81. The van der Waals surface area contributed by atoms with Crippen LogP contribution in [0.1, 0.15) is 33.1 Å². The predicted octanol–water partition coefficient (Wildman–Crippen LogP) is 2.62. The second-order valence-electron chi connectivity index (χ2n) is 3.60. The van der Waals surface area contributed by atoms with E-state index in [4.69, 9.17) is 5.41 Å². The third-order valence-corrected chi connectivity index (χ3v) is 2.61. The van der Waals surface area contributed by atoms with Crippen molar-refractivity contribution in [2.45, 2.75) is 33.1 Å². The van der Waals surface area contributed by atoms with Crippen LogP contribution in [0.3, 0.4) is 0 Å². The van der Waals surface area contributed by atoms with Crippen LogP contribution < -0.4 is 0 Å². The van der Waals surface area contributed by atoms with Crippen LogP contribution in [-0.4, -0.2) is 17.3 Å². The zero-order valence-electron chi connectivity index (χ0n) is 8.06. The summed E-state index contributed by atoms with van der Waals surface area (Å²) in [7, 11) is 0. The molecule has 1 aliphatic rings. The van der Waals surface area contributed by atoms with Gasteiger partial charge in [0.1, 0.15) is 5.84 Å². The van der Waals surface area contributed by atoms with Crippen molar-refractivity contribution in [1.82, 2.24) is 4.90 Å². The van der Waals surface area contributed by atoms with Gasteiger partial charge >= 0.3 is 0 Å². The second-order valence-corrected chi connectivity index (χ2v) is 3.60. The summed E-state index contributed by atoms with van der Waals surface area (Å²) in [6.45, 7) is 9.03. The van der Waals surface area contributed by atoms with Crippen molar-refractivity contribution < 1.29 is 0 Å². The minimum atomic E-state index is 0.730. The normalized spacial score (nSPS) is 24.3. The molecule has 2 heteroatoms. The molecule has 1 unspecified atom stereocenters. The number of amidine groups is 1. The van der Waals surface area contributed by atoms with Gasteiger partial charge in [0.15, 0.2) is 0 Å². The summed E-state index contributed by atoms with van der Waals surface area (Å²) in [6, 6.07) is 0. The quantitative estimate of drug-likeness (QED) is 0.670. The third kappa shape index (κ3) is 1.87. The Hall–Kier alpha value is -0.790. The molecule has 0 spiro atoms. The first kappa shape index (κ1) is 9.30. The van der Waals surface area contributed by atoms with Crippen LogP contribution in [0.4, 0.5) is 0 Å². The van der Waals surface area contributed by atoms with Gasteiger partial charge in [0.2, 0.25) is 0 Å². The van der Waals surface area contributed by atoms with Crippen LogP contribution in [0.15, 0.2) is 12.3 Å². The van der Waals surface area contributed by atoms with Gasteiger partial charge in [-0.15, -0.1) is 0 Å². The number of rotatable bonds is 2. The van der Waals surface area contributed by atoms with Crippen LogP contribution in [0.25, 0.3) is 0 Å². The fourth-order valence-corrected chi connectivity index (χ4v) is 1.70. The first-order chi connectivity index (χ1) is 5.65. The van der Waals surface area contributed by atoms with Gasteiger partial charge in [0.05, 0.1) is 0 Å². The summed E-state index contributed by atoms with van der Waals surface area (Å²) in [6.07, 6.45) is 3.35. The van der Waals surface area contributed by atoms with Crippen molar-refractivity contribution in [1.29, 1.82) is 5.41 Å². The lowest BCUT2D eigenvalue weighted by molar-refractivity contribution is 0.349. The van der Waals surface area contributed by atoms with Crippen molar-refractivity contribution >= 4 is 5.84 Å². The Morgan fingerprint density at radius 1 is 1.75 bits per heavy atom. The van der Waals surface area contributed by atoms with Crippen LogP contribution in [0.5, 0.6) is 0 Å². The van der Waals surface area contributed by atoms with Gasteiger partial charge in [-0.3, -0.25) is 5.41 Å². The number of hydrogen-bond donors (Lipinski definition) is 1. The first-order valence-electron chi connectivity index (χ1n) is 4.65. The van der Waals surface area contributed by atoms with Crippen molar-refractivity contribution in [3.8, 4) is 0 Å². The fourth-order valence-electron chi connectivity index (χ4n) is 1.70. The van der Waals surface area contributed by atoms with Crippen LogP contribution in [0, 0.1) is 11.3 Å². The molecule has 0 bridgehead atoms. The summed E-state index contributed by atoms with van der Waals surface area (Å²) in [5.74, 6) is 1.48. The molecule has 1 rings (SSSR count). The predicted molar refractivity (Wildman–Crippen MR) is 52.3 cm³/mol. The smallest absolute Gasteiger partial charge is 0.100 e. The molecule has 0 aliphatic carbocycles. The number of hydrogen-bond acceptors (Lipinski definition) is 1. The molecule has 1 atom stereocenters. The number of allylic oxidation sites excluding steroid dienone is 1. The monoisotopic (exact) mass is 166 g/mol. The van der Waals surface area contributed by atoms with Crippen molar-refractivity contribution in [2.24, 2.45) is 5.92 Å².